The molecule has 1 aromatic rings. The molecule has 0 atom stereocenters. The van der Waals surface area contributed by atoms with Crippen LogP contribution in [0, 0.1) is 20.2 Å². The Morgan fingerprint density at radius 2 is 1.82 bits per heavy atom. The number of anilines is 1. The first-order chi connectivity index (χ1) is 7.71. The predicted octanol–water partition coefficient (Wildman–Crippen LogP) is 0.445. The summed E-state index contributed by atoms with van der Waals surface area (Å²) in [4.78, 5) is 18.6. The van der Waals surface area contributed by atoms with Crippen molar-refractivity contribution < 1.29 is 22.9 Å². The van der Waals surface area contributed by atoms with Crippen molar-refractivity contribution in [3.05, 3.63) is 38.4 Å². The quantitative estimate of drug-likeness (QED) is 0.450. The van der Waals surface area contributed by atoms with Gasteiger partial charge in [-0.15, -0.1) is 5.43 Å². The van der Waals surface area contributed by atoms with Crippen LogP contribution in [0.4, 0.5) is 11.4 Å². The van der Waals surface area contributed by atoms with E-state index in [9.17, 15) is 28.6 Å². The second kappa shape index (κ2) is 4.31. The number of rotatable bonds is 4. The number of hydrogen-bond acceptors (Lipinski definition) is 6. The normalized spacial score (nSPS) is 10.9. The van der Waals surface area contributed by atoms with Gasteiger partial charge in [0.15, 0.2) is 9.93 Å². The van der Waals surface area contributed by atoms with Gasteiger partial charge in [0.1, 0.15) is 5.69 Å². The highest BCUT2D eigenvalue weighted by Gasteiger charge is 2.24. The third kappa shape index (κ3) is 3.09. The average Bonchev–Trinajstić information content (AvgIpc) is 2.14. The Kier molecular flexibility index (Phi) is 3.24. The molecular formula is C6H5N3O7S. The van der Waals surface area contributed by atoms with E-state index in [4.69, 9.17) is 4.55 Å². The SMILES string of the molecule is O=[N+]([O-])Nc1ccc(S(=O)(=O)O)c([N+](=O)[O-])c1. The first-order valence-electron chi connectivity index (χ1n) is 3.89. The van der Waals surface area contributed by atoms with Crippen LogP contribution in [-0.4, -0.2) is 22.9 Å². The molecule has 92 valence electrons. The van der Waals surface area contributed by atoms with Crippen molar-refractivity contribution in [1.29, 1.82) is 0 Å². The van der Waals surface area contributed by atoms with E-state index in [1.54, 1.807) is 5.43 Å². The van der Waals surface area contributed by atoms with Crippen LogP contribution in [0.25, 0.3) is 0 Å². The summed E-state index contributed by atoms with van der Waals surface area (Å²) in [5.74, 6) is 0. The van der Waals surface area contributed by atoms with Crippen LogP contribution in [0.2, 0.25) is 0 Å². The molecule has 2 N–H and O–H groups in total. The molecular weight excluding hydrogens is 258 g/mol. The van der Waals surface area contributed by atoms with Gasteiger partial charge in [-0.2, -0.15) is 8.42 Å². The summed E-state index contributed by atoms with van der Waals surface area (Å²) in [5.41, 5.74) is 0.378. The number of nitrogens with one attached hydrogen (secondary N) is 1. The Morgan fingerprint density at radius 1 is 1.24 bits per heavy atom. The van der Waals surface area contributed by atoms with Crippen molar-refractivity contribution >= 4 is 21.5 Å². The third-order valence-corrected chi connectivity index (χ3v) is 2.55. The predicted molar refractivity (Wildman–Crippen MR) is 53.5 cm³/mol. The minimum absolute atomic E-state index is 0.283. The van der Waals surface area contributed by atoms with E-state index in [0.29, 0.717) is 12.1 Å². The summed E-state index contributed by atoms with van der Waals surface area (Å²) in [6.45, 7) is 0. The molecule has 0 fully saturated rings. The van der Waals surface area contributed by atoms with Crippen molar-refractivity contribution in [2.24, 2.45) is 0 Å². The Labute approximate surface area is 93.9 Å². The van der Waals surface area contributed by atoms with Crippen LogP contribution < -0.4 is 5.43 Å². The summed E-state index contributed by atoms with van der Waals surface area (Å²) >= 11 is 0. The van der Waals surface area contributed by atoms with Crippen LogP contribution in [0.15, 0.2) is 23.1 Å². The van der Waals surface area contributed by atoms with Gasteiger partial charge < -0.3 is 0 Å². The topological polar surface area (TPSA) is 153 Å². The molecule has 0 unspecified atom stereocenters. The van der Waals surface area contributed by atoms with E-state index < -0.39 is 30.7 Å². The molecule has 0 aliphatic rings. The highest BCUT2D eigenvalue weighted by Crippen LogP contribution is 2.26. The Bertz CT molecular complexity index is 581. The Morgan fingerprint density at radius 3 is 2.24 bits per heavy atom. The van der Waals surface area contributed by atoms with Crippen LogP contribution in [0.3, 0.4) is 0 Å². The standard InChI is InChI=1S/C6H5N3O7S/c10-8(11)5-3-4(7-9(12)13)1-2-6(5)17(14,15)16/h1-3,7H,(H,14,15,16). The number of hydrazine groups is 1. The molecule has 0 radical (unpaired) electrons. The highest BCUT2D eigenvalue weighted by molar-refractivity contribution is 7.86. The molecule has 1 aromatic carbocycles. The second-order valence-electron chi connectivity index (χ2n) is 2.78. The first kappa shape index (κ1) is 12.8. The monoisotopic (exact) mass is 263 g/mol. The number of nitro benzene ring substituents is 1. The average molecular weight is 263 g/mol. The van der Waals surface area contributed by atoms with Gasteiger partial charge in [-0.05, 0) is 12.1 Å². The highest BCUT2D eigenvalue weighted by atomic mass is 32.2. The second-order valence-corrected chi connectivity index (χ2v) is 4.17. The van der Waals surface area contributed by atoms with Gasteiger partial charge >= 0.3 is 10.1 Å². The molecule has 0 spiro atoms. The lowest BCUT2D eigenvalue weighted by Gasteiger charge is -2.01. The zero-order valence-corrected chi connectivity index (χ0v) is 8.75. The lowest BCUT2D eigenvalue weighted by Crippen LogP contribution is -2.09. The Balaban J connectivity index is 3.37. The van der Waals surface area contributed by atoms with Crippen LogP contribution in [0.1, 0.15) is 0 Å². The molecule has 0 heterocycles. The molecule has 0 saturated carbocycles. The van der Waals surface area contributed by atoms with Crippen molar-refractivity contribution in [2.45, 2.75) is 4.90 Å². The number of hydrogen-bond donors (Lipinski definition) is 2. The van der Waals surface area contributed by atoms with Gasteiger partial charge in [0.25, 0.3) is 5.69 Å². The van der Waals surface area contributed by atoms with E-state index in [2.05, 4.69) is 0 Å². The number of benzene rings is 1. The lowest BCUT2D eigenvalue weighted by atomic mass is 10.3. The smallest absolute Gasteiger partial charge is 0.282 e. The van der Waals surface area contributed by atoms with E-state index in [0.717, 1.165) is 6.07 Å². The van der Waals surface area contributed by atoms with Crippen LogP contribution >= 0.6 is 0 Å². The van der Waals surface area contributed by atoms with Crippen molar-refractivity contribution in [2.75, 3.05) is 5.43 Å². The van der Waals surface area contributed by atoms with Gasteiger partial charge in [-0.25, -0.2) is 10.1 Å². The van der Waals surface area contributed by atoms with Gasteiger partial charge in [0, 0.05) is 6.07 Å². The third-order valence-electron chi connectivity index (χ3n) is 1.65. The molecule has 0 aliphatic carbocycles. The molecule has 17 heavy (non-hydrogen) atoms. The molecule has 0 bridgehead atoms. The molecule has 0 amide bonds. The minimum Gasteiger partial charge on any atom is -0.282 e. The van der Waals surface area contributed by atoms with Crippen molar-refractivity contribution in [3.8, 4) is 0 Å². The maximum Gasteiger partial charge on any atom is 0.301 e. The first-order valence-corrected chi connectivity index (χ1v) is 5.33. The summed E-state index contributed by atoms with van der Waals surface area (Å²) in [5, 5.41) is 19.7. The summed E-state index contributed by atoms with van der Waals surface area (Å²) in [6.07, 6.45) is 0. The van der Waals surface area contributed by atoms with E-state index in [1.165, 1.54) is 0 Å². The largest absolute Gasteiger partial charge is 0.301 e. The molecule has 1 rings (SSSR count). The summed E-state index contributed by atoms with van der Waals surface area (Å²) in [6, 6.07) is 2.24. The summed E-state index contributed by atoms with van der Waals surface area (Å²) in [7, 11) is -4.76. The van der Waals surface area contributed by atoms with E-state index in [-0.39, 0.29) is 5.69 Å². The lowest BCUT2D eigenvalue weighted by molar-refractivity contribution is -0.445. The van der Waals surface area contributed by atoms with E-state index in [1.807, 2.05) is 0 Å². The minimum atomic E-state index is -4.76. The maximum absolute atomic E-state index is 10.8. The van der Waals surface area contributed by atoms with E-state index >= 15 is 0 Å². The molecule has 11 heteroatoms. The zero-order chi connectivity index (χ0) is 13.2. The molecule has 10 nitrogen and oxygen atoms in total. The molecule has 0 aromatic heterocycles. The number of nitro groups is 2. The van der Waals surface area contributed by atoms with Gasteiger partial charge in [0.05, 0.1) is 4.92 Å². The number of nitrogens with zero attached hydrogens (tertiary/aromatic N) is 2. The van der Waals surface area contributed by atoms with Gasteiger partial charge in [-0.1, -0.05) is 0 Å². The van der Waals surface area contributed by atoms with Crippen LogP contribution in [0.5, 0.6) is 0 Å². The van der Waals surface area contributed by atoms with Crippen molar-refractivity contribution in [3.63, 3.8) is 0 Å². The molecule has 0 saturated heterocycles. The molecule has 0 aliphatic heterocycles. The Hall–Kier alpha value is -2.27. The fourth-order valence-electron chi connectivity index (χ4n) is 1.05. The van der Waals surface area contributed by atoms with Gasteiger partial charge in [0.2, 0.25) is 0 Å². The van der Waals surface area contributed by atoms with Crippen LogP contribution in [-0.2, 0) is 10.1 Å². The van der Waals surface area contributed by atoms with Crippen molar-refractivity contribution in [1.82, 2.24) is 0 Å². The van der Waals surface area contributed by atoms with Gasteiger partial charge in [-0.3, -0.25) is 14.7 Å². The summed E-state index contributed by atoms with van der Waals surface area (Å²) < 4.78 is 30.3. The fraction of sp³-hybridized carbons (Fsp3) is 0. The maximum atomic E-state index is 10.8. The zero-order valence-electron chi connectivity index (χ0n) is 7.93. The fourth-order valence-corrected chi connectivity index (χ4v) is 1.69.